The van der Waals surface area contributed by atoms with Crippen LogP contribution in [0.3, 0.4) is 0 Å². The molecular weight excluding hydrogens is 412 g/mol. The highest BCUT2D eigenvalue weighted by Crippen LogP contribution is 2.61. The number of ether oxygens (including phenoxy) is 1. The zero-order valence-corrected chi connectivity index (χ0v) is 18.7. The Hall–Kier alpha value is -3.06. The molecule has 0 N–H and O–H groups in total. The highest BCUT2D eigenvalue weighted by atomic mass is 32.2. The molecule has 7 heteroatoms. The Morgan fingerprint density at radius 1 is 1.35 bits per heavy atom. The van der Waals surface area contributed by atoms with Gasteiger partial charge in [0.15, 0.2) is 0 Å². The Bertz CT molecular complexity index is 1210. The van der Waals surface area contributed by atoms with Crippen LogP contribution >= 0.6 is 11.8 Å². The Kier molecular flexibility index (Phi) is 4.66. The fraction of sp³-hybridized carbons (Fsp3) is 0.292. The van der Waals surface area contributed by atoms with Crippen LogP contribution in [-0.4, -0.2) is 22.8 Å². The number of thioether (sulfide) groups is 1. The lowest BCUT2D eigenvalue weighted by atomic mass is 9.79. The van der Waals surface area contributed by atoms with Crippen molar-refractivity contribution in [3.8, 4) is 0 Å². The van der Waals surface area contributed by atoms with E-state index in [1.54, 1.807) is 13.0 Å². The number of likely N-dealkylation sites (N-methyl/N-ethyl adjacent to an activating group) is 1. The van der Waals surface area contributed by atoms with Gasteiger partial charge in [-0.1, -0.05) is 56.5 Å². The molecule has 2 aliphatic heterocycles. The maximum atomic E-state index is 12.0. The maximum Gasteiger partial charge on any atom is 0.333 e. The quantitative estimate of drug-likeness (QED) is 0.274. The van der Waals surface area contributed by atoms with E-state index in [2.05, 4.69) is 31.4 Å². The van der Waals surface area contributed by atoms with Crippen LogP contribution in [0.5, 0.6) is 0 Å². The van der Waals surface area contributed by atoms with E-state index >= 15 is 0 Å². The average Bonchev–Trinajstić information content (AvgIpc) is 2.91. The van der Waals surface area contributed by atoms with E-state index in [9.17, 15) is 14.9 Å². The molecular formula is C24H24N2O4S. The minimum atomic E-state index is -0.757. The van der Waals surface area contributed by atoms with Gasteiger partial charge in [0.25, 0.3) is 5.69 Å². The van der Waals surface area contributed by atoms with Crippen molar-refractivity contribution in [3.63, 3.8) is 0 Å². The number of nitrogens with zero attached hydrogens (tertiary/aromatic N) is 2. The first-order chi connectivity index (χ1) is 15.0. The van der Waals surface area contributed by atoms with Gasteiger partial charge in [-0.15, -0.1) is 0 Å². The van der Waals surface area contributed by atoms with Crippen molar-refractivity contribution in [1.29, 1.82) is 0 Å². The fourth-order valence-corrected chi connectivity index (χ4v) is 5.80. The van der Waals surface area contributed by atoms with E-state index in [-0.39, 0.29) is 17.9 Å². The Balaban J connectivity index is 1.87. The summed E-state index contributed by atoms with van der Waals surface area (Å²) in [6, 6.07) is 11.4. The number of carbonyl (C=O) groups is 1. The average molecular weight is 438 g/mol. The summed E-state index contributed by atoms with van der Waals surface area (Å²) in [5, 5.41) is 11.5. The Morgan fingerprint density at radius 3 is 2.71 bits per heavy atom. The van der Waals surface area contributed by atoms with Gasteiger partial charge in [-0.2, -0.15) is 0 Å². The summed E-state index contributed by atoms with van der Waals surface area (Å²) in [6.45, 7) is 9.26. The first-order valence-electron chi connectivity index (χ1n) is 10.4. The molecule has 0 bridgehead atoms. The zero-order valence-electron chi connectivity index (χ0n) is 18.9. The van der Waals surface area contributed by atoms with E-state index in [1.165, 1.54) is 23.9 Å². The number of carbonyl (C=O) groups excluding carboxylic acids is 1. The number of benzene rings is 2. The lowest BCUT2D eigenvalue weighted by molar-refractivity contribution is -0.385. The highest BCUT2D eigenvalue weighted by molar-refractivity contribution is 8.01. The van der Waals surface area contributed by atoms with Gasteiger partial charge >= 0.3 is 5.97 Å². The standard InChI is InChI=1S/C24H24N2O4S/c1-15(2)22(27)30-14-17-13-18(26(28)29)12-16-10-11-24(31-21(16)17)23(3,4)19-8-6-7-9-20(19)25(24)5/h6-13H,1,14H2,2-5H3/i11D. The van der Waals surface area contributed by atoms with Gasteiger partial charge < -0.3 is 9.64 Å². The van der Waals surface area contributed by atoms with Crippen LogP contribution < -0.4 is 4.90 Å². The summed E-state index contributed by atoms with van der Waals surface area (Å²) >= 11 is 1.49. The summed E-state index contributed by atoms with van der Waals surface area (Å²) in [6.07, 6.45) is 1.70. The van der Waals surface area contributed by atoms with Crippen LogP contribution in [-0.2, 0) is 21.6 Å². The largest absolute Gasteiger partial charge is 0.457 e. The minimum Gasteiger partial charge on any atom is -0.457 e. The molecule has 0 saturated carbocycles. The number of nitro benzene ring substituents is 1. The number of fused-ring (bicyclic) bond motifs is 2. The lowest BCUT2D eigenvalue weighted by Gasteiger charge is -2.46. The minimum absolute atomic E-state index is 0.104. The van der Waals surface area contributed by atoms with Crippen LogP contribution in [0.25, 0.3) is 6.08 Å². The van der Waals surface area contributed by atoms with Crippen molar-refractivity contribution in [1.82, 2.24) is 0 Å². The van der Waals surface area contributed by atoms with Gasteiger partial charge in [0.1, 0.15) is 11.5 Å². The second-order valence-corrected chi connectivity index (χ2v) is 9.58. The summed E-state index contributed by atoms with van der Waals surface area (Å²) in [4.78, 5) is 25.2. The van der Waals surface area contributed by atoms with Crippen molar-refractivity contribution in [3.05, 3.63) is 81.4 Å². The van der Waals surface area contributed by atoms with Gasteiger partial charge in [-0.05, 0) is 30.2 Å². The van der Waals surface area contributed by atoms with E-state index in [0.29, 0.717) is 17.2 Å². The van der Waals surface area contributed by atoms with E-state index in [1.807, 2.05) is 25.2 Å². The molecule has 4 rings (SSSR count). The molecule has 31 heavy (non-hydrogen) atoms. The van der Waals surface area contributed by atoms with E-state index in [4.69, 9.17) is 6.11 Å². The van der Waals surface area contributed by atoms with Gasteiger partial charge in [-0.3, -0.25) is 10.1 Å². The maximum absolute atomic E-state index is 12.0. The third kappa shape index (κ3) is 3.15. The molecule has 0 aromatic heterocycles. The van der Waals surface area contributed by atoms with Crippen LogP contribution in [0.2, 0.25) is 0 Å². The first-order valence-corrected chi connectivity index (χ1v) is 10.7. The second kappa shape index (κ2) is 7.27. The second-order valence-electron chi connectivity index (χ2n) is 8.37. The summed E-state index contributed by atoms with van der Waals surface area (Å²) < 4.78 is 14.4. The molecule has 2 aromatic carbocycles. The van der Waals surface area contributed by atoms with Crippen LogP contribution in [0, 0.1) is 10.1 Å². The van der Waals surface area contributed by atoms with Crippen molar-refractivity contribution >= 4 is 35.2 Å². The highest BCUT2D eigenvalue weighted by Gasteiger charge is 2.56. The predicted molar refractivity (Wildman–Crippen MR) is 123 cm³/mol. The van der Waals surface area contributed by atoms with Crippen molar-refractivity contribution in [2.45, 2.75) is 42.6 Å². The smallest absolute Gasteiger partial charge is 0.333 e. The number of hydrogen-bond donors (Lipinski definition) is 0. The molecule has 0 amide bonds. The van der Waals surface area contributed by atoms with Crippen molar-refractivity contribution in [2.24, 2.45) is 0 Å². The van der Waals surface area contributed by atoms with Crippen LogP contribution in [0.1, 0.15) is 38.8 Å². The number of hydrogen-bond acceptors (Lipinski definition) is 6. The number of nitro groups is 1. The van der Waals surface area contributed by atoms with Crippen molar-refractivity contribution < 1.29 is 15.8 Å². The molecule has 160 valence electrons. The van der Waals surface area contributed by atoms with Gasteiger partial charge in [0.05, 0.1) is 6.29 Å². The summed E-state index contributed by atoms with van der Waals surface area (Å²) in [7, 11) is 1.97. The van der Waals surface area contributed by atoms with Crippen LogP contribution in [0.15, 0.2) is 59.5 Å². The molecule has 2 aliphatic rings. The molecule has 1 spiro atoms. The lowest BCUT2D eigenvalue weighted by Crippen LogP contribution is -2.50. The Labute approximate surface area is 187 Å². The number of esters is 1. The molecule has 0 radical (unpaired) electrons. The number of para-hydroxylation sites is 1. The molecule has 0 aliphatic carbocycles. The fourth-order valence-electron chi connectivity index (χ4n) is 4.30. The summed E-state index contributed by atoms with van der Waals surface area (Å²) in [5.74, 6) is -0.553. The molecule has 6 nitrogen and oxygen atoms in total. The third-order valence-corrected chi connectivity index (χ3v) is 7.93. The number of non-ortho nitro benzene ring substituents is 1. The zero-order chi connectivity index (χ0) is 23.4. The molecule has 1 atom stereocenters. The van der Waals surface area contributed by atoms with Gasteiger partial charge in [0, 0.05) is 46.3 Å². The molecule has 0 saturated heterocycles. The van der Waals surface area contributed by atoms with Crippen LogP contribution in [0.4, 0.5) is 11.4 Å². The molecule has 2 aromatic rings. The summed E-state index contributed by atoms with van der Waals surface area (Å²) in [5.41, 5.74) is 3.03. The monoisotopic (exact) mass is 437 g/mol. The molecule has 2 heterocycles. The van der Waals surface area contributed by atoms with Gasteiger partial charge in [0.2, 0.25) is 0 Å². The number of anilines is 1. The third-order valence-electron chi connectivity index (χ3n) is 6.03. The normalized spacial score (nSPS) is 21.1. The van der Waals surface area contributed by atoms with Crippen molar-refractivity contribution in [2.75, 3.05) is 11.9 Å². The van der Waals surface area contributed by atoms with E-state index < -0.39 is 21.2 Å². The SMILES string of the molecule is [2H]C1=Cc2cc([N+](=O)[O-])cc(COC(=O)C(=C)C)c2SC12N(C)c1ccccc1C2(C)C. The van der Waals surface area contributed by atoms with Gasteiger partial charge in [-0.25, -0.2) is 4.79 Å². The van der Waals surface area contributed by atoms with E-state index in [0.717, 1.165) is 16.1 Å². The first kappa shape index (κ1) is 19.9. The number of rotatable bonds is 4. The molecule has 1 unspecified atom stereocenters. The molecule has 0 fully saturated rings. The Morgan fingerprint density at radius 2 is 2.06 bits per heavy atom. The predicted octanol–water partition coefficient (Wildman–Crippen LogP) is 5.46. The topological polar surface area (TPSA) is 72.7 Å².